The van der Waals surface area contributed by atoms with Crippen LogP contribution in [-0.4, -0.2) is 6.54 Å². The summed E-state index contributed by atoms with van der Waals surface area (Å²) in [5.74, 6) is 0. The van der Waals surface area contributed by atoms with Crippen LogP contribution in [0, 0.1) is 5.41 Å². The zero-order valence-corrected chi connectivity index (χ0v) is 10.4. The molecule has 0 saturated carbocycles. The van der Waals surface area contributed by atoms with Crippen LogP contribution < -0.4 is 5.32 Å². The zero-order chi connectivity index (χ0) is 11.3. The van der Waals surface area contributed by atoms with Gasteiger partial charge in [-0.05, 0) is 17.4 Å². The quantitative estimate of drug-likeness (QED) is 0.789. The first-order valence-electron chi connectivity index (χ1n) is 5.81. The minimum absolute atomic E-state index is 0.349. The number of rotatable bonds is 4. The van der Waals surface area contributed by atoms with Crippen LogP contribution in [0.2, 0.25) is 0 Å². The van der Waals surface area contributed by atoms with Crippen LogP contribution in [0.25, 0.3) is 0 Å². The molecule has 0 bridgehead atoms. The molecule has 1 aromatic rings. The molecule has 1 N–H and O–H groups in total. The Bertz CT molecular complexity index is 271. The molecule has 0 aromatic heterocycles. The molecule has 1 heteroatoms. The minimum atomic E-state index is 0.349. The lowest BCUT2D eigenvalue weighted by atomic mass is 9.95. The van der Waals surface area contributed by atoms with E-state index in [1.165, 1.54) is 5.56 Å². The fourth-order valence-electron chi connectivity index (χ4n) is 1.61. The first-order valence-corrected chi connectivity index (χ1v) is 5.81. The van der Waals surface area contributed by atoms with Gasteiger partial charge in [-0.1, -0.05) is 58.0 Å². The molecular formula is C14H23N. The maximum absolute atomic E-state index is 3.63. The van der Waals surface area contributed by atoms with Gasteiger partial charge < -0.3 is 5.32 Å². The lowest BCUT2D eigenvalue weighted by Crippen LogP contribution is -2.30. The lowest BCUT2D eigenvalue weighted by Gasteiger charge is -2.24. The molecule has 15 heavy (non-hydrogen) atoms. The molecule has 0 aliphatic carbocycles. The van der Waals surface area contributed by atoms with Crippen LogP contribution in [-0.2, 0) is 0 Å². The summed E-state index contributed by atoms with van der Waals surface area (Å²) in [6.07, 6.45) is 1.14. The second-order valence-electron chi connectivity index (χ2n) is 5.31. The Kier molecular flexibility index (Phi) is 4.34. The van der Waals surface area contributed by atoms with Crippen molar-refractivity contribution in [2.24, 2.45) is 5.41 Å². The molecule has 84 valence electrons. The molecular weight excluding hydrogens is 182 g/mol. The summed E-state index contributed by atoms with van der Waals surface area (Å²) in [6, 6.07) is 11.2. The van der Waals surface area contributed by atoms with E-state index in [0.717, 1.165) is 13.0 Å². The van der Waals surface area contributed by atoms with Crippen molar-refractivity contribution in [3.8, 4) is 0 Å². The summed E-state index contributed by atoms with van der Waals surface area (Å²) in [5.41, 5.74) is 1.74. The summed E-state index contributed by atoms with van der Waals surface area (Å²) in [6.45, 7) is 10.1. The van der Waals surface area contributed by atoms with Gasteiger partial charge in [-0.15, -0.1) is 0 Å². The van der Waals surface area contributed by atoms with Gasteiger partial charge in [-0.2, -0.15) is 0 Å². The zero-order valence-electron chi connectivity index (χ0n) is 10.4. The lowest BCUT2D eigenvalue weighted by molar-refractivity contribution is 0.349. The fraction of sp³-hybridized carbons (Fsp3) is 0.571. The Morgan fingerprint density at radius 1 is 1.13 bits per heavy atom. The van der Waals surface area contributed by atoms with Gasteiger partial charge in [0, 0.05) is 12.6 Å². The van der Waals surface area contributed by atoms with Crippen molar-refractivity contribution >= 4 is 0 Å². The number of hydrogen-bond donors (Lipinski definition) is 1. The summed E-state index contributed by atoms with van der Waals surface area (Å²) < 4.78 is 0. The van der Waals surface area contributed by atoms with E-state index in [9.17, 15) is 0 Å². The molecule has 0 aliphatic rings. The van der Waals surface area contributed by atoms with Crippen LogP contribution in [0.5, 0.6) is 0 Å². The van der Waals surface area contributed by atoms with Crippen molar-refractivity contribution in [3.63, 3.8) is 0 Å². The average Bonchev–Trinajstić information content (AvgIpc) is 2.19. The monoisotopic (exact) mass is 205 g/mol. The molecule has 0 saturated heterocycles. The molecule has 0 spiro atoms. The highest BCUT2D eigenvalue weighted by Crippen LogP contribution is 2.18. The normalized spacial score (nSPS) is 13.9. The minimum Gasteiger partial charge on any atom is -0.309 e. The van der Waals surface area contributed by atoms with E-state index in [-0.39, 0.29) is 0 Å². The van der Waals surface area contributed by atoms with Crippen LogP contribution >= 0.6 is 0 Å². The van der Waals surface area contributed by atoms with Gasteiger partial charge in [-0.25, -0.2) is 0 Å². The first-order chi connectivity index (χ1) is 7.03. The second kappa shape index (κ2) is 5.32. The largest absolute Gasteiger partial charge is 0.309 e. The Morgan fingerprint density at radius 3 is 2.20 bits per heavy atom. The fourth-order valence-corrected chi connectivity index (χ4v) is 1.61. The number of hydrogen-bond acceptors (Lipinski definition) is 1. The number of nitrogens with one attached hydrogen (secondary N) is 1. The predicted octanol–water partition coefficient (Wildman–Crippen LogP) is 3.77. The van der Waals surface area contributed by atoms with Gasteiger partial charge in [0.25, 0.3) is 0 Å². The molecule has 0 unspecified atom stereocenters. The van der Waals surface area contributed by atoms with E-state index in [4.69, 9.17) is 0 Å². The third-order valence-electron chi connectivity index (χ3n) is 2.49. The SMILES string of the molecule is CC[C@@H](NCC(C)(C)C)c1ccccc1. The van der Waals surface area contributed by atoms with E-state index in [1.54, 1.807) is 0 Å². The van der Waals surface area contributed by atoms with Crippen molar-refractivity contribution in [1.29, 1.82) is 0 Å². The molecule has 0 heterocycles. The van der Waals surface area contributed by atoms with Crippen molar-refractivity contribution < 1.29 is 0 Å². The van der Waals surface area contributed by atoms with Gasteiger partial charge in [0.1, 0.15) is 0 Å². The summed E-state index contributed by atoms with van der Waals surface area (Å²) in [7, 11) is 0. The van der Waals surface area contributed by atoms with Crippen LogP contribution in [0.4, 0.5) is 0 Å². The van der Waals surface area contributed by atoms with Crippen molar-refractivity contribution in [1.82, 2.24) is 5.32 Å². The standard InChI is InChI=1S/C14H23N/c1-5-13(15-11-14(2,3)4)12-9-7-6-8-10-12/h6-10,13,15H,5,11H2,1-4H3/t13-/m1/s1. The van der Waals surface area contributed by atoms with Crippen LogP contribution in [0.1, 0.15) is 45.7 Å². The Morgan fingerprint density at radius 2 is 1.73 bits per heavy atom. The van der Waals surface area contributed by atoms with Crippen LogP contribution in [0.3, 0.4) is 0 Å². The molecule has 1 nitrogen and oxygen atoms in total. The van der Waals surface area contributed by atoms with Crippen molar-refractivity contribution in [2.75, 3.05) is 6.54 Å². The maximum atomic E-state index is 3.63. The smallest absolute Gasteiger partial charge is 0.0317 e. The van der Waals surface area contributed by atoms with Crippen molar-refractivity contribution in [2.45, 2.75) is 40.2 Å². The van der Waals surface area contributed by atoms with Gasteiger partial charge in [0.2, 0.25) is 0 Å². The molecule has 1 rings (SSSR count). The highest BCUT2D eigenvalue weighted by atomic mass is 14.9. The Labute approximate surface area is 93.9 Å². The van der Waals surface area contributed by atoms with E-state index in [2.05, 4.69) is 63.3 Å². The topological polar surface area (TPSA) is 12.0 Å². The van der Waals surface area contributed by atoms with E-state index in [0.29, 0.717) is 11.5 Å². The van der Waals surface area contributed by atoms with Gasteiger partial charge in [0.05, 0.1) is 0 Å². The maximum Gasteiger partial charge on any atom is 0.0317 e. The highest BCUT2D eigenvalue weighted by Gasteiger charge is 2.14. The Hall–Kier alpha value is -0.820. The van der Waals surface area contributed by atoms with Crippen LogP contribution in [0.15, 0.2) is 30.3 Å². The van der Waals surface area contributed by atoms with Gasteiger partial charge in [0.15, 0.2) is 0 Å². The molecule has 0 fully saturated rings. The summed E-state index contributed by atoms with van der Waals surface area (Å²) in [4.78, 5) is 0. The van der Waals surface area contributed by atoms with Crippen molar-refractivity contribution in [3.05, 3.63) is 35.9 Å². The summed E-state index contributed by atoms with van der Waals surface area (Å²) in [5, 5.41) is 3.63. The molecule has 1 aromatic carbocycles. The molecule has 0 aliphatic heterocycles. The predicted molar refractivity (Wildman–Crippen MR) is 66.9 cm³/mol. The van der Waals surface area contributed by atoms with E-state index < -0.39 is 0 Å². The number of benzene rings is 1. The van der Waals surface area contributed by atoms with E-state index >= 15 is 0 Å². The first kappa shape index (κ1) is 12.3. The highest BCUT2D eigenvalue weighted by molar-refractivity contribution is 5.18. The molecule has 0 amide bonds. The van der Waals surface area contributed by atoms with Gasteiger partial charge >= 0.3 is 0 Å². The molecule has 1 atom stereocenters. The second-order valence-corrected chi connectivity index (χ2v) is 5.31. The Balaban J connectivity index is 2.58. The summed E-state index contributed by atoms with van der Waals surface area (Å²) >= 11 is 0. The molecule has 0 radical (unpaired) electrons. The van der Waals surface area contributed by atoms with Gasteiger partial charge in [-0.3, -0.25) is 0 Å². The third-order valence-corrected chi connectivity index (χ3v) is 2.49. The average molecular weight is 205 g/mol. The third kappa shape index (κ3) is 4.48. The van der Waals surface area contributed by atoms with E-state index in [1.807, 2.05) is 0 Å².